The van der Waals surface area contributed by atoms with Gasteiger partial charge in [0.1, 0.15) is 17.3 Å². The van der Waals surface area contributed by atoms with Gasteiger partial charge in [0.15, 0.2) is 6.10 Å². The third-order valence-corrected chi connectivity index (χ3v) is 4.57. The predicted molar refractivity (Wildman–Crippen MR) is 89.4 cm³/mol. The van der Waals surface area contributed by atoms with E-state index >= 15 is 0 Å². The van der Waals surface area contributed by atoms with Crippen LogP contribution in [0.3, 0.4) is 0 Å². The number of amides is 1. The molecule has 0 bridgehead atoms. The highest BCUT2D eigenvalue weighted by atomic mass is 19.1. The van der Waals surface area contributed by atoms with E-state index in [4.69, 9.17) is 4.84 Å². The van der Waals surface area contributed by atoms with Crippen molar-refractivity contribution in [2.24, 2.45) is 5.16 Å². The molecule has 0 fully saturated rings. The smallest absolute Gasteiger partial charge is 0.276 e. The van der Waals surface area contributed by atoms with Crippen molar-refractivity contribution in [1.29, 1.82) is 0 Å². The Balaban J connectivity index is 1.57. The molecule has 0 spiro atoms. The molecular weight excluding hydrogens is 326 g/mol. The Hall–Kier alpha value is -2.76. The molecule has 0 N–H and O–H groups in total. The summed E-state index contributed by atoms with van der Waals surface area (Å²) >= 11 is 0. The summed E-state index contributed by atoms with van der Waals surface area (Å²) in [4.78, 5) is 19.6. The largest absolute Gasteiger partial charge is 0.387 e. The van der Waals surface area contributed by atoms with Crippen LogP contribution in [0.2, 0.25) is 0 Å². The molecule has 6 heteroatoms. The number of hydrogen-bond acceptors (Lipinski definition) is 3. The van der Waals surface area contributed by atoms with Gasteiger partial charge in [0.2, 0.25) is 0 Å². The van der Waals surface area contributed by atoms with Crippen molar-refractivity contribution in [1.82, 2.24) is 0 Å². The lowest BCUT2D eigenvalue weighted by Crippen LogP contribution is -2.40. The van der Waals surface area contributed by atoms with Gasteiger partial charge in [-0.25, -0.2) is 8.78 Å². The van der Waals surface area contributed by atoms with Crippen molar-refractivity contribution >= 4 is 17.3 Å². The van der Waals surface area contributed by atoms with Crippen LogP contribution >= 0.6 is 0 Å². The number of nitrogens with zero attached hydrogens (tertiary/aromatic N) is 2. The summed E-state index contributed by atoms with van der Waals surface area (Å²) in [6.45, 7) is 0.406. The summed E-state index contributed by atoms with van der Waals surface area (Å²) in [5.41, 5.74) is 1.87. The number of fused-ring (bicyclic) bond motifs is 1. The molecule has 25 heavy (non-hydrogen) atoms. The van der Waals surface area contributed by atoms with E-state index in [2.05, 4.69) is 5.16 Å². The van der Waals surface area contributed by atoms with Gasteiger partial charge in [0.05, 0.1) is 5.69 Å². The summed E-state index contributed by atoms with van der Waals surface area (Å²) in [5.74, 6) is -1.66. The number of anilines is 1. The Morgan fingerprint density at radius 1 is 1.20 bits per heavy atom. The molecule has 2 aromatic rings. The second kappa shape index (κ2) is 6.27. The van der Waals surface area contributed by atoms with Crippen molar-refractivity contribution in [3.05, 3.63) is 65.2 Å². The second-order valence-corrected chi connectivity index (χ2v) is 6.19. The predicted octanol–water partition coefficient (Wildman–Crippen LogP) is 3.76. The molecule has 0 saturated carbocycles. The number of rotatable bonds is 2. The normalized spacial score (nSPS) is 19.2. The Kier molecular flexibility index (Phi) is 3.95. The molecule has 1 amide bonds. The number of carbonyl (C=O) groups is 1. The van der Waals surface area contributed by atoms with E-state index in [9.17, 15) is 13.6 Å². The van der Waals surface area contributed by atoms with E-state index in [-0.39, 0.29) is 17.7 Å². The number of oxime groups is 1. The van der Waals surface area contributed by atoms with E-state index in [1.165, 1.54) is 11.0 Å². The zero-order valence-electron chi connectivity index (χ0n) is 13.4. The quantitative estimate of drug-likeness (QED) is 0.834. The van der Waals surface area contributed by atoms with Crippen LogP contribution < -0.4 is 4.90 Å². The maximum atomic E-state index is 14.0. The standard InChI is InChI=1S/C19H16F2N2O2/c20-13-9-15(21)14-7-4-8-23(17(14)10-13)19(24)16-11-18(25-22-16)12-5-2-1-3-6-12/h1-3,5-6,9-10,18H,4,7-8,11H2/t18-/m1/s1. The zero-order valence-corrected chi connectivity index (χ0v) is 13.4. The van der Waals surface area contributed by atoms with E-state index in [1.54, 1.807) is 0 Å². The molecule has 0 aromatic heterocycles. The van der Waals surface area contributed by atoms with Crippen molar-refractivity contribution in [2.45, 2.75) is 25.4 Å². The van der Waals surface area contributed by atoms with Gasteiger partial charge in [-0.05, 0) is 24.5 Å². The van der Waals surface area contributed by atoms with Crippen LogP contribution in [0.15, 0.2) is 47.6 Å². The Bertz CT molecular complexity index is 852. The highest BCUT2D eigenvalue weighted by Crippen LogP contribution is 2.33. The van der Waals surface area contributed by atoms with Crippen LogP contribution in [0.4, 0.5) is 14.5 Å². The summed E-state index contributed by atoms with van der Waals surface area (Å²) in [7, 11) is 0. The minimum absolute atomic E-state index is 0.270. The first-order valence-electron chi connectivity index (χ1n) is 8.21. The van der Waals surface area contributed by atoms with Crippen molar-refractivity contribution < 1.29 is 18.4 Å². The summed E-state index contributed by atoms with van der Waals surface area (Å²) in [6, 6.07) is 11.6. The molecule has 2 aliphatic rings. The van der Waals surface area contributed by atoms with Crippen LogP contribution in [0, 0.1) is 11.6 Å². The molecule has 4 rings (SSSR count). The average molecular weight is 342 g/mol. The summed E-state index contributed by atoms with van der Waals surface area (Å²) in [5, 5.41) is 3.92. The van der Waals surface area contributed by atoms with E-state index in [0.29, 0.717) is 37.1 Å². The van der Waals surface area contributed by atoms with Gasteiger partial charge in [0.25, 0.3) is 5.91 Å². The van der Waals surface area contributed by atoms with Crippen LogP contribution in [0.5, 0.6) is 0 Å². The molecule has 2 aromatic carbocycles. The molecule has 4 nitrogen and oxygen atoms in total. The van der Waals surface area contributed by atoms with Gasteiger partial charge in [-0.3, -0.25) is 4.79 Å². The van der Waals surface area contributed by atoms with E-state index < -0.39 is 11.6 Å². The van der Waals surface area contributed by atoms with Gasteiger partial charge in [-0.1, -0.05) is 35.5 Å². The minimum Gasteiger partial charge on any atom is -0.387 e. The number of benzene rings is 2. The maximum absolute atomic E-state index is 14.0. The lowest BCUT2D eigenvalue weighted by Gasteiger charge is -2.29. The zero-order chi connectivity index (χ0) is 17.4. The maximum Gasteiger partial charge on any atom is 0.276 e. The monoisotopic (exact) mass is 342 g/mol. The molecule has 2 aliphatic heterocycles. The first kappa shape index (κ1) is 15.7. The van der Waals surface area contributed by atoms with E-state index in [1.807, 2.05) is 30.3 Å². The van der Waals surface area contributed by atoms with Gasteiger partial charge >= 0.3 is 0 Å². The SMILES string of the molecule is O=C(C1=NO[C@@H](c2ccccc2)C1)N1CCCc2c(F)cc(F)cc21. The highest BCUT2D eigenvalue weighted by Gasteiger charge is 2.33. The van der Waals surface area contributed by atoms with Crippen molar-refractivity contribution in [3.63, 3.8) is 0 Å². The average Bonchev–Trinajstić information content (AvgIpc) is 3.11. The lowest BCUT2D eigenvalue weighted by atomic mass is 9.99. The van der Waals surface area contributed by atoms with Crippen molar-refractivity contribution in [3.8, 4) is 0 Å². The Morgan fingerprint density at radius 2 is 2.00 bits per heavy atom. The van der Waals surface area contributed by atoms with Gasteiger partial charge in [0, 0.05) is 24.6 Å². The number of halogens is 2. The second-order valence-electron chi connectivity index (χ2n) is 6.19. The topological polar surface area (TPSA) is 41.9 Å². The fraction of sp³-hybridized carbons (Fsp3) is 0.263. The first-order chi connectivity index (χ1) is 12.1. The Morgan fingerprint density at radius 3 is 2.80 bits per heavy atom. The third-order valence-electron chi connectivity index (χ3n) is 4.57. The van der Waals surface area contributed by atoms with Crippen LogP contribution in [-0.2, 0) is 16.1 Å². The first-order valence-corrected chi connectivity index (χ1v) is 8.21. The molecule has 2 heterocycles. The van der Waals surface area contributed by atoms with Gasteiger partial charge in [-0.2, -0.15) is 0 Å². The van der Waals surface area contributed by atoms with Crippen molar-refractivity contribution in [2.75, 3.05) is 11.4 Å². The Labute approximate surface area is 143 Å². The molecule has 128 valence electrons. The third kappa shape index (κ3) is 2.88. The summed E-state index contributed by atoms with van der Waals surface area (Å²) in [6.07, 6.45) is 1.14. The van der Waals surface area contributed by atoms with Crippen LogP contribution in [0.25, 0.3) is 0 Å². The molecule has 0 aliphatic carbocycles. The molecule has 1 atom stereocenters. The molecule has 0 saturated heterocycles. The molecular formula is C19H16F2N2O2. The number of carbonyl (C=O) groups excluding carboxylic acids is 1. The fourth-order valence-electron chi connectivity index (χ4n) is 3.33. The van der Waals surface area contributed by atoms with Crippen LogP contribution in [0.1, 0.15) is 30.1 Å². The lowest BCUT2D eigenvalue weighted by molar-refractivity contribution is -0.112. The fourth-order valence-corrected chi connectivity index (χ4v) is 3.33. The van der Waals surface area contributed by atoms with E-state index in [0.717, 1.165) is 11.6 Å². The van der Waals surface area contributed by atoms with Gasteiger partial charge in [-0.15, -0.1) is 0 Å². The highest BCUT2D eigenvalue weighted by molar-refractivity contribution is 6.44. The minimum atomic E-state index is -0.692. The number of hydrogen-bond donors (Lipinski definition) is 0. The van der Waals surface area contributed by atoms with Gasteiger partial charge < -0.3 is 9.74 Å². The molecule has 0 radical (unpaired) electrons. The summed E-state index contributed by atoms with van der Waals surface area (Å²) < 4.78 is 27.6. The van der Waals surface area contributed by atoms with Crippen LogP contribution in [-0.4, -0.2) is 18.2 Å². The molecule has 0 unspecified atom stereocenters.